The largest absolute Gasteiger partial charge is 0.493 e. The first-order valence-corrected chi connectivity index (χ1v) is 8.63. The Morgan fingerprint density at radius 1 is 1.18 bits per heavy atom. The molecule has 2 N–H and O–H groups in total. The van der Waals surface area contributed by atoms with Gasteiger partial charge in [0.15, 0.2) is 18.1 Å². The quantitative estimate of drug-likeness (QED) is 0.692. The fraction of sp³-hybridized carbons (Fsp3) is 0.182. The lowest BCUT2D eigenvalue weighted by Gasteiger charge is -2.13. The number of carbonyl (C=O) groups excluding carboxylic acids is 2. The maximum atomic E-state index is 12.3. The van der Waals surface area contributed by atoms with Gasteiger partial charge in [-0.25, -0.2) is 0 Å². The number of rotatable bonds is 8. The molecule has 0 aromatic heterocycles. The molecule has 0 bridgehead atoms. The van der Waals surface area contributed by atoms with Crippen LogP contribution in [0.3, 0.4) is 0 Å². The maximum Gasteiger partial charge on any atom is 0.262 e. The Morgan fingerprint density at radius 3 is 2.68 bits per heavy atom. The highest BCUT2D eigenvalue weighted by Crippen LogP contribution is 2.28. The minimum atomic E-state index is -0.406. The highest BCUT2D eigenvalue weighted by molar-refractivity contribution is 6.04. The minimum Gasteiger partial charge on any atom is -0.493 e. The standard InChI is InChI=1S/C22H22N2O4/c1-4-8-16-11-12-19(20(14-16)27-3)28-15-21(25)24-18-10-7-6-9-17(18)22(26)23-13-5-2/h2,4,6-12,14H,13,15H2,1,3H3,(H,23,26)(H,24,25)/b8-4+. The van der Waals surface area contributed by atoms with E-state index in [9.17, 15) is 9.59 Å². The normalized spacial score (nSPS) is 10.2. The van der Waals surface area contributed by atoms with E-state index in [1.54, 1.807) is 30.3 Å². The van der Waals surface area contributed by atoms with E-state index in [0.717, 1.165) is 5.56 Å². The van der Waals surface area contributed by atoms with Crippen molar-refractivity contribution in [2.24, 2.45) is 0 Å². The van der Waals surface area contributed by atoms with Crippen molar-refractivity contribution in [2.75, 3.05) is 25.6 Å². The zero-order valence-corrected chi connectivity index (χ0v) is 15.8. The van der Waals surface area contributed by atoms with Crippen LogP contribution in [-0.4, -0.2) is 32.1 Å². The molecule has 0 saturated carbocycles. The molecule has 0 radical (unpaired) electrons. The Bertz CT molecular complexity index is 913. The van der Waals surface area contributed by atoms with Crippen molar-refractivity contribution in [1.82, 2.24) is 5.32 Å². The summed E-state index contributed by atoms with van der Waals surface area (Å²) in [7, 11) is 1.53. The molecule has 144 valence electrons. The van der Waals surface area contributed by atoms with Crippen LogP contribution in [0.2, 0.25) is 0 Å². The number of benzene rings is 2. The number of methoxy groups -OCH3 is 1. The van der Waals surface area contributed by atoms with Crippen LogP contribution in [0.5, 0.6) is 11.5 Å². The molecule has 0 aliphatic heterocycles. The Labute approximate surface area is 164 Å². The topological polar surface area (TPSA) is 76.7 Å². The lowest BCUT2D eigenvalue weighted by Crippen LogP contribution is -2.26. The van der Waals surface area contributed by atoms with Crippen LogP contribution in [0, 0.1) is 12.3 Å². The van der Waals surface area contributed by atoms with E-state index in [2.05, 4.69) is 16.6 Å². The number of allylic oxidation sites excluding steroid dienone is 1. The third-order valence-electron chi connectivity index (χ3n) is 3.70. The van der Waals surface area contributed by atoms with E-state index < -0.39 is 5.91 Å². The number of carbonyl (C=O) groups is 2. The molecule has 0 aliphatic rings. The van der Waals surface area contributed by atoms with Crippen LogP contribution >= 0.6 is 0 Å². The van der Waals surface area contributed by atoms with Gasteiger partial charge in [-0.05, 0) is 36.8 Å². The van der Waals surface area contributed by atoms with Gasteiger partial charge in [-0.3, -0.25) is 9.59 Å². The van der Waals surface area contributed by atoms with Gasteiger partial charge < -0.3 is 20.1 Å². The van der Waals surface area contributed by atoms with Crippen LogP contribution in [0.1, 0.15) is 22.8 Å². The number of ether oxygens (including phenoxy) is 2. The average Bonchev–Trinajstić information content (AvgIpc) is 2.71. The number of amides is 2. The molecule has 6 heteroatoms. The lowest BCUT2D eigenvalue weighted by molar-refractivity contribution is -0.118. The predicted molar refractivity (Wildman–Crippen MR) is 109 cm³/mol. The predicted octanol–water partition coefficient (Wildman–Crippen LogP) is 3.11. The second-order valence-electron chi connectivity index (χ2n) is 5.68. The van der Waals surface area contributed by atoms with E-state index in [1.807, 2.05) is 31.2 Å². The van der Waals surface area contributed by atoms with E-state index in [-0.39, 0.29) is 19.1 Å². The van der Waals surface area contributed by atoms with Crippen LogP contribution in [0.4, 0.5) is 5.69 Å². The third-order valence-corrected chi connectivity index (χ3v) is 3.70. The van der Waals surface area contributed by atoms with Crippen molar-refractivity contribution >= 4 is 23.6 Å². The fourth-order valence-electron chi connectivity index (χ4n) is 2.45. The molecule has 0 spiro atoms. The van der Waals surface area contributed by atoms with Gasteiger partial charge >= 0.3 is 0 Å². The Kier molecular flexibility index (Phi) is 7.67. The second kappa shape index (κ2) is 10.4. The summed E-state index contributed by atoms with van der Waals surface area (Å²) in [6, 6.07) is 12.1. The van der Waals surface area contributed by atoms with Crippen molar-refractivity contribution < 1.29 is 19.1 Å². The average molecular weight is 378 g/mol. The second-order valence-corrected chi connectivity index (χ2v) is 5.68. The molecule has 28 heavy (non-hydrogen) atoms. The Morgan fingerprint density at radius 2 is 1.96 bits per heavy atom. The molecule has 0 atom stereocenters. The molecular formula is C22H22N2O4. The van der Waals surface area contributed by atoms with Crippen LogP contribution in [0.25, 0.3) is 6.08 Å². The maximum absolute atomic E-state index is 12.3. The molecule has 2 rings (SSSR count). The number of hydrogen-bond acceptors (Lipinski definition) is 4. The summed E-state index contributed by atoms with van der Waals surface area (Å²) in [5, 5.41) is 5.25. The van der Waals surface area contributed by atoms with Gasteiger partial charge in [-0.1, -0.05) is 36.3 Å². The molecule has 0 unspecified atom stereocenters. The number of para-hydroxylation sites is 1. The highest BCUT2D eigenvalue weighted by Gasteiger charge is 2.13. The number of terminal acetylenes is 1. The molecular weight excluding hydrogens is 356 g/mol. The number of anilines is 1. The van der Waals surface area contributed by atoms with E-state index in [0.29, 0.717) is 22.7 Å². The molecule has 0 fully saturated rings. The lowest BCUT2D eigenvalue weighted by atomic mass is 10.1. The fourth-order valence-corrected chi connectivity index (χ4v) is 2.45. The van der Waals surface area contributed by atoms with E-state index in [4.69, 9.17) is 15.9 Å². The van der Waals surface area contributed by atoms with Gasteiger partial charge in [0, 0.05) is 0 Å². The smallest absolute Gasteiger partial charge is 0.262 e. The van der Waals surface area contributed by atoms with Gasteiger partial charge in [0.25, 0.3) is 11.8 Å². The molecule has 0 aliphatic carbocycles. The van der Waals surface area contributed by atoms with Crippen molar-refractivity contribution in [1.29, 1.82) is 0 Å². The first kappa shape index (κ1) is 20.6. The van der Waals surface area contributed by atoms with Crippen LogP contribution < -0.4 is 20.1 Å². The summed E-state index contributed by atoms with van der Waals surface area (Å²) in [6.07, 6.45) is 9.00. The highest BCUT2D eigenvalue weighted by atomic mass is 16.5. The molecule has 2 aromatic rings. The first-order valence-electron chi connectivity index (χ1n) is 8.63. The minimum absolute atomic E-state index is 0.104. The molecule has 0 saturated heterocycles. The van der Waals surface area contributed by atoms with Crippen molar-refractivity contribution in [3.8, 4) is 23.8 Å². The Balaban J connectivity index is 2.04. The summed E-state index contributed by atoms with van der Waals surface area (Å²) >= 11 is 0. The summed E-state index contributed by atoms with van der Waals surface area (Å²) in [4.78, 5) is 24.4. The molecule has 0 heterocycles. The van der Waals surface area contributed by atoms with Gasteiger partial charge in [-0.15, -0.1) is 6.42 Å². The van der Waals surface area contributed by atoms with Crippen molar-refractivity contribution in [3.05, 3.63) is 59.7 Å². The number of nitrogens with one attached hydrogen (secondary N) is 2. The van der Waals surface area contributed by atoms with E-state index in [1.165, 1.54) is 7.11 Å². The zero-order valence-electron chi connectivity index (χ0n) is 15.8. The monoisotopic (exact) mass is 378 g/mol. The van der Waals surface area contributed by atoms with Crippen LogP contribution in [0.15, 0.2) is 48.5 Å². The summed E-state index contributed by atoms with van der Waals surface area (Å²) in [5.41, 5.74) is 1.66. The van der Waals surface area contributed by atoms with E-state index >= 15 is 0 Å². The van der Waals surface area contributed by atoms with Gasteiger partial charge in [0.1, 0.15) is 0 Å². The first-order chi connectivity index (χ1) is 13.6. The Hall–Kier alpha value is -3.72. The molecule has 2 amide bonds. The number of hydrogen-bond donors (Lipinski definition) is 2. The van der Waals surface area contributed by atoms with Gasteiger partial charge in [0.05, 0.1) is 24.9 Å². The third kappa shape index (κ3) is 5.64. The van der Waals surface area contributed by atoms with Crippen LogP contribution in [-0.2, 0) is 4.79 Å². The summed E-state index contributed by atoms with van der Waals surface area (Å²) < 4.78 is 10.9. The summed E-state index contributed by atoms with van der Waals surface area (Å²) in [6.45, 7) is 1.79. The summed E-state index contributed by atoms with van der Waals surface area (Å²) in [5.74, 6) is 2.54. The van der Waals surface area contributed by atoms with Gasteiger partial charge in [-0.2, -0.15) is 0 Å². The molecule has 6 nitrogen and oxygen atoms in total. The van der Waals surface area contributed by atoms with Gasteiger partial charge in [0.2, 0.25) is 0 Å². The SMILES string of the molecule is C#CCNC(=O)c1ccccc1NC(=O)COc1ccc(/C=C/C)cc1OC. The molecule has 2 aromatic carbocycles. The van der Waals surface area contributed by atoms with Crippen molar-refractivity contribution in [3.63, 3.8) is 0 Å². The zero-order chi connectivity index (χ0) is 20.4. The van der Waals surface area contributed by atoms with Crippen molar-refractivity contribution in [2.45, 2.75) is 6.92 Å².